The first-order chi connectivity index (χ1) is 6.66. The number of carbonyl (C=O) groups is 1. The maximum atomic E-state index is 10.3. The molecule has 1 atom stereocenters. The Balaban J connectivity index is 3.14. The van der Waals surface area contributed by atoms with E-state index in [2.05, 4.69) is 0 Å². The fraction of sp³-hybridized carbons (Fsp3) is 0.900. The van der Waals surface area contributed by atoms with Crippen LogP contribution in [-0.4, -0.2) is 38.0 Å². The van der Waals surface area contributed by atoms with Crippen LogP contribution in [-0.2, 0) is 14.3 Å². The summed E-state index contributed by atoms with van der Waals surface area (Å²) in [5.74, 6) is -0.490. The van der Waals surface area contributed by atoms with Crippen molar-refractivity contribution in [2.45, 2.75) is 26.2 Å². The molecule has 0 heterocycles. The summed E-state index contributed by atoms with van der Waals surface area (Å²) >= 11 is 0. The molecule has 0 saturated heterocycles. The lowest BCUT2D eigenvalue weighted by atomic mass is 10.0. The van der Waals surface area contributed by atoms with Gasteiger partial charge in [0, 0.05) is 20.1 Å². The number of hydrogen-bond donors (Lipinski definition) is 1. The van der Waals surface area contributed by atoms with Gasteiger partial charge in [-0.3, -0.25) is 4.79 Å². The van der Waals surface area contributed by atoms with Gasteiger partial charge in [-0.05, 0) is 18.8 Å². The zero-order valence-electron chi connectivity index (χ0n) is 8.99. The topological polar surface area (TPSA) is 55.8 Å². The minimum absolute atomic E-state index is 0.235. The molecule has 0 radical (unpaired) electrons. The fourth-order valence-corrected chi connectivity index (χ4v) is 1.18. The summed E-state index contributed by atoms with van der Waals surface area (Å²) in [4.78, 5) is 10.3. The zero-order chi connectivity index (χ0) is 10.8. The third-order valence-corrected chi connectivity index (χ3v) is 1.94. The lowest BCUT2D eigenvalue weighted by molar-refractivity contribution is -0.138. The van der Waals surface area contributed by atoms with Crippen LogP contribution in [0.5, 0.6) is 0 Å². The molecule has 4 nitrogen and oxygen atoms in total. The van der Waals surface area contributed by atoms with Crippen LogP contribution in [0.25, 0.3) is 0 Å². The van der Waals surface area contributed by atoms with Crippen LogP contribution in [0.1, 0.15) is 26.2 Å². The Hall–Kier alpha value is -0.610. The number of carboxylic acids is 1. The molecule has 0 aliphatic carbocycles. The number of hydrogen-bond acceptors (Lipinski definition) is 3. The van der Waals surface area contributed by atoms with Crippen molar-refractivity contribution in [3.8, 4) is 0 Å². The molecule has 0 amide bonds. The molecule has 0 fully saturated rings. The van der Waals surface area contributed by atoms with Gasteiger partial charge in [0.05, 0.1) is 13.2 Å². The Bertz CT molecular complexity index is 147. The Morgan fingerprint density at radius 3 is 2.64 bits per heavy atom. The summed E-state index contributed by atoms with van der Waals surface area (Å²) in [6, 6.07) is 0. The van der Waals surface area contributed by atoms with Gasteiger partial charge >= 0.3 is 5.97 Å². The number of rotatable bonds is 9. The molecule has 0 bridgehead atoms. The third kappa shape index (κ3) is 9.48. The van der Waals surface area contributed by atoms with Gasteiger partial charge < -0.3 is 14.6 Å². The van der Waals surface area contributed by atoms with E-state index in [1.807, 2.05) is 6.92 Å². The first-order valence-corrected chi connectivity index (χ1v) is 4.95. The summed E-state index contributed by atoms with van der Waals surface area (Å²) in [5.41, 5.74) is 0. The summed E-state index contributed by atoms with van der Waals surface area (Å²) in [6.45, 7) is 3.87. The van der Waals surface area contributed by atoms with Gasteiger partial charge in [0.15, 0.2) is 0 Å². The highest BCUT2D eigenvalue weighted by atomic mass is 16.5. The fourth-order valence-electron chi connectivity index (χ4n) is 1.18. The smallest absolute Gasteiger partial charge is 0.303 e. The van der Waals surface area contributed by atoms with Gasteiger partial charge in [-0.1, -0.05) is 6.92 Å². The largest absolute Gasteiger partial charge is 0.481 e. The van der Waals surface area contributed by atoms with E-state index in [1.54, 1.807) is 7.11 Å². The Kier molecular flexibility index (Phi) is 8.57. The maximum absolute atomic E-state index is 10.3. The van der Waals surface area contributed by atoms with Crippen LogP contribution in [0.2, 0.25) is 0 Å². The van der Waals surface area contributed by atoms with Gasteiger partial charge in [0.1, 0.15) is 0 Å². The van der Waals surface area contributed by atoms with Crippen LogP contribution < -0.4 is 0 Å². The van der Waals surface area contributed by atoms with Crippen molar-refractivity contribution < 1.29 is 19.4 Å². The van der Waals surface area contributed by atoms with Gasteiger partial charge in [0.25, 0.3) is 0 Å². The average Bonchev–Trinajstić information content (AvgIpc) is 2.10. The Labute approximate surface area is 85.2 Å². The second-order valence-electron chi connectivity index (χ2n) is 3.45. The van der Waals surface area contributed by atoms with Gasteiger partial charge in [-0.2, -0.15) is 0 Å². The molecule has 84 valence electrons. The van der Waals surface area contributed by atoms with E-state index in [9.17, 15) is 4.79 Å². The molecular weight excluding hydrogens is 184 g/mol. The van der Waals surface area contributed by atoms with Crippen LogP contribution in [0, 0.1) is 5.92 Å². The number of methoxy groups -OCH3 is 1. The predicted molar refractivity (Wildman–Crippen MR) is 53.3 cm³/mol. The number of ether oxygens (including phenoxy) is 2. The summed E-state index contributed by atoms with van der Waals surface area (Å²) in [6.07, 6.45) is 2.06. The summed E-state index contributed by atoms with van der Waals surface area (Å²) in [7, 11) is 1.64. The average molecular weight is 204 g/mol. The van der Waals surface area contributed by atoms with Crippen LogP contribution in [0.4, 0.5) is 0 Å². The standard InChI is InChI=1S/C10H20O4/c1-9(8-10(11)12)4-3-5-14-7-6-13-2/h9H,3-8H2,1-2H3,(H,11,12). The van der Waals surface area contributed by atoms with E-state index in [4.69, 9.17) is 14.6 Å². The second-order valence-corrected chi connectivity index (χ2v) is 3.45. The van der Waals surface area contributed by atoms with Gasteiger partial charge in [0.2, 0.25) is 0 Å². The normalized spacial score (nSPS) is 12.7. The van der Waals surface area contributed by atoms with Crippen LogP contribution in [0.3, 0.4) is 0 Å². The van der Waals surface area contributed by atoms with Crippen molar-refractivity contribution in [1.82, 2.24) is 0 Å². The quantitative estimate of drug-likeness (QED) is 0.579. The molecule has 0 aliphatic heterocycles. The Morgan fingerprint density at radius 1 is 1.36 bits per heavy atom. The minimum atomic E-state index is -0.724. The number of carboxylic acid groups (broad SMARTS) is 1. The van der Waals surface area contributed by atoms with Crippen molar-refractivity contribution in [3.05, 3.63) is 0 Å². The molecule has 4 heteroatoms. The van der Waals surface area contributed by atoms with E-state index in [0.717, 1.165) is 12.8 Å². The van der Waals surface area contributed by atoms with E-state index >= 15 is 0 Å². The van der Waals surface area contributed by atoms with Crippen LogP contribution in [0.15, 0.2) is 0 Å². The molecule has 0 aromatic carbocycles. The highest BCUT2D eigenvalue weighted by Gasteiger charge is 2.06. The van der Waals surface area contributed by atoms with Crippen molar-refractivity contribution in [2.24, 2.45) is 5.92 Å². The van der Waals surface area contributed by atoms with Crippen molar-refractivity contribution >= 4 is 5.97 Å². The molecular formula is C10H20O4. The first-order valence-electron chi connectivity index (χ1n) is 4.95. The summed E-state index contributed by atoms with van der Waals surface area (Å²) in [5, 5.41) is 8.51. The molecule has 0 aromatic heterocycles. The lowest BCUT2D eigenvalue weighted by Gasteiger charge is -2.08. The van der Waals surface area contributed by atoms with Crippen molar-refractivity contribution in [3.63, 3.8) is 0 Å². The SMILES string of the molecule is COCCOCCCC(C)CC(=O)O. The van der Waals surface area contributed by atoms with Crippen molar-refractivity contribution in [1.29, 1.82) is 0 Å². The highest BCUT2D eigenvalue weighted by molar-refractivity contribution is 5.66. The lowest BCUT2D eigenvalue weighted by Crippen LogP contribution is -2.07. The third-order valence-electron chi connectivity index (χ3n) is 1.94. The zero-order valence-corrected chi connectivity index (χ0v) is 8.99. The summed E-state index contributed by atoms with van der Waals surface area (Å²) < 4.78 is 10.1. The van der Waals surface area contributed by atoms with E-state index in [1.165, 1.54) is 0 Å². The molecule has 0 aromatic rings. The molecule has 1 N–H and O–H groups in total. The van der Waals surface area contributed by atoms with E-state index in [-0.39, 0.29) is 12.3 Å². The molecule has 14 heavy (non-hydrogen) atoms. The van der Waals surface area contributed by atoms with Gasteiger partial charge in [-0.15, -0.1) is 0 Å². The highest BCUT2D eigenvalue weighted by Crippen LogP contribution is 2.09. The monoisotopic (exact) mass is 204 g/mol. The van der Waals surface area contributed by atoms with E-state index < -0.39 is 5.97 Å². The maximum Gasteiger partial charge on any atom is 0.303 e. The minimum Gasteiger partial charge on any atom is -0.481 e. The number of aliphatic carboxylic acids is 1. The first kappa shape index (κ1) is 13.4. The molecule has 0 aliphatic rings. The molecule has 0 saturated carbocycles. The molecule has 0 spiro atoms. The Morgan fingerprint density at radius 2 is 2.07 bits per heavy atom. The second kappa shape index (κ2) is 8.97. The predicted octanol–water partition coefficient (Wildman–Crippen LogP) is 1.54. The molecule has 0 rings (SSSR count). The van der Waals surface area contributed by atoms with E-state index in [0.29, 0.717) is 19.8 Å². The van der Waals surface area contributed by atoms with Gasteiger partial charge in [-0.25, -0.2) is 0 Å². The van der Waals surface area contributed by atoms with Crippen LogP contribution >= 0.6 is 0 Å². The molecule has 1 unspecified atom stereocenters. The van der Waals surface area contributed by atoms with Crippen molar-refractivity contribution in [2.75, 3.05) is 26.9 Å².